The van der Waals surface area contributed by atoms with E-state index < -0.39 is 12.2 Å². The van der Waals surface area contributed by atoms with Gasteiger partial charge in [-0.15, -0.1) is 24.0 Å². The molecule has 28 heavy (non-hydrogen) atoms. The van der Waals surface area contributed by atoms with E-state index in [-0.39, 0.29) is 42.3 Å². The molecule has 1 aromatic carbocycles. The van der Waals surface area contributed by atoms with Crippen LogP contribution < -0.4 is 15.4 Å². The van der Waals surface area contributed by atoms with E-state index in [0.29, 0.717) is 38.7 Å². The molecule has 9 heteroatoms. The summed E-state index contributed by atoms with van der Waals surface area (Å²) in [6, 6.07) is 5.03. The third kappa shape index (κ3) is 8.42. The fourth-order valence-corrected chi connectivity index (χ4v) is 3.05. The molecule has 0 aliphatic carbocycles. The molecule has 0 saturated carbocycles. The quantitative estimate of drug-likeness (QED) is 0.316. The number of guanidine groups is 1. The summed E-state index contributed by atoms with van der Waals surface area (Å²) in [5.41, 5.74) is 0.750. The Labute approximate surface area is 182 Å². The molecule has 160 valence electrons. The molecule has 0 atom stereocenters. The molecule has 0 bridgehead atoms. The second-order valence-corrected chi connectivity index (χ2v) is 6.50. The van der Waals surface area contributed by atoms with Crippen molar-refractivity contribution in [1.29, 1.82) is 0 Å². The van der Waals surface area contributed by atoms with E-state index in [4.69, 9.17) is 4.74 Å². The maximum Gasteiger partial charge on any atom is 0.251 e. The van der Waals surface area contributed by atoms with E-state index in [1.165, 1.54) is 6.07 Å². The van der Waals surface area contributed by atoms with Crippen LogP contribution >= 0.6 is 24.0 Å². The van der Waals surface area contributed by atoms with Crippen molar-refractivity contribution in [2.75, 3.05) is 32.8 Å². The number of alkyl halides is 2. The number of piperidine rings is 1. The Morgan fingerprint density at radius 2 is 2.00 bits per heavy atom. The van der Waals surface area contributed by atoms with Crippen LogP contribution in [0.15, 0.2) is 23.2 Å². The molecule has 2 N–H and O–H groups in total. The first-order valence-corrected chi connectivity index (χ1v) is 9.48. The summed E-state index contributed by atoms with van der Waals surface area (Å²) in [5.74, 6) is 0.499. The molecule has 1 fully saturated rings. The second kappa shape index (κ2) is 13.1. The Hall–Kier alpha value is -1.23. The van der Waals surface area contributed by atoms with E-state index in [2.05, 4.69) is 15.6 Å². The molecule has 1 saturated heterocycles. The number of nitrogens with zero attached hydrogens (tertiary/aromatic N) is 2. The zero-order chi connectivity index (χ0) is 19.6. The minimum atomic E-state index is -2.29. The van der Waals surface area contributed by atoms with Crippen molar-refractivity contribution in [2.45, 2.75) is 45.7 Å². The summed E-state index contributed by atoms with van der Waals surface area (Å²) in [4.78, 5) is 6.30. The summed E-state index contributed by atoms with van der Waals surface area (Å²) in [6.07, 6.45) is -0.716. The highest BCUT2D eigenvalue weighted by Crippen LogP contribution is 2.19. The molecule has 0 spiro atoms. The molecule has 0 radical (unpaired) electrons. The van der Waals surface area contributed by atoms with Crippen molar-refractivity contribution < 1.29 is 17.9 Å². The van der Waals surface area contributed by atoms with Crippen LogP contribution in [-0.2, 0) is 6.54 Å². The Balaban J connectivity index is 0.00000392. The van der Waals surface area contributed by atoms with E-state index in [0.717, 1.165) is 18.4 Å². The van der Waals surface area contributed by atoms with E-state index in [1.54, 1.807) is 17.0 Å². The zero-order valence-electron chi connectivity index (χ0n) is 16.4. The van der Waals surface area contributed by atoms with Gasteiger partial charge in [0.1, 0.15) is 0 Å². The summed E-state index contributed by atoms with van der Waals surface area (Å²) >= 11 is 0. The van der Waals surface area contributed by atoms with Gasteiger partial charge in [0.2, 0.25) is 0 Å². The molecule has 1 heterocycles. The number of benzene rings is 1. The topological polar surface area (TPSA) is 48.9 Å². The monoisotopic (exact) mass is 514 g/mol. The molecule has 1 aliphatic rings. The molecule has 0 unspecified atom stereocenters. The average molecular weight is 514 g/mol. The normalized spacial score (nSPS) is 16.0. The van der Waals surface area contributed by atoms with Crippen LogP contribution in [0.5, 0.6) is 5.75 Å². The largest absolute Gasteiger partial charge is 0.491 e. The van der Waals surface area contributed by atoms with Gasteiger partial charge in [-0.1, -0.05) is 6.07 Å². The number of likely N-dealkylation sites (tertiary alicyclic amines) is 1. The molecular formula is C19H30F3IN4O. The van der Waals surface area contributed by atoms with Gasteiger partial charge in [-0.3, -0.25) is 4.90 Å². The second-order valence-electron chi connectivity index (χ2n) is 6.50. The van der Waals surface area contributed by atoms with Crippen molar-refractivity contribution in [3.8, 4) is 5.75 Å². The summed E-state index contributed by atoms with van der Waals surface area (Å²) in [5, 5.41) is 6.53. The van der Waals surface area contributed by atoms with Crippen LogP contribution in [0.2, 0.25) is 0 Å². The predicted molar refractivity (Wildman–Crippen MR) is 116 cm³/mol. The first-order chi connectivity index (χ1) is 13.0. The van der Waals surface area contributed by atoms with Crippen LogP contribution in [-0.4, -0.2) is 56.1 Å². The van der Waals surface area contributed by atoms with Crippen LogP contribution in [0, 0.1) is 5.82 Å². The van der Waals surface area contributed by atoms with Gasteiger partial charge in [0, 0.05) is 25.7 Å². The van der Waals surface area contributed by atoms with Gasteiger partial charge in [-0.05, 0) is 44.4 Å². The van der Waals surface area contributed by atoms with Crippen LogP contribution in [0.1, 0.15) is 32.3 Å². The number of hydrogen-bond donors (Lipinski definition) is 2. The van der Waals surface area contributed by atoms with Gasteiger partial charge < -0.3 is 15.4 Å². The summed E-state index contributed by atoms with van der Waals surface area (Å²) in [7, 11) is 0. The Morgan fingerprint density at radius 3 is 2.57 bits per heavy atom. The first-order valence-electron chi connectivity index (χ1n) is 9.48. The summed E-state index contributed by atoms with van der Waals surface area (Å²) in [6.45, 7) is 6.36. The lowest BCUT2D eigenvalue weighted by Gasteiger charge is -2.32. The molecule has 2 rings (SSSR count). The highest BCUT2D eigenvalue weighted by atomic mass is 127. The van der Waals surface area contributed by atoms with Crippen molar-refractivity contribution in [1.82, 2.24) is 15.5 Å². The summed E-state index contributed by atoms with van der Waals surface area (Å²) < 4.78 is 44.1. The van der Waals surface area contributed by atoms with Crippen molar-refractivity contribution in [3.63, 3.8) is 0 Å². The Bertz CT molecular complexity index is 611. The lowest BCUT2D eigenvalue weighted by atomic mass is 10.1. The SMILES string of the molecule is CCNC(=NCc1ccc(OCC)c(F)c1)NC1CCN(CC(F)F)CC1.I. The molecule has 0 aromatic heterocycles. The smallest absolute Gasteiger partial charge is 0.251 e. The average Bonchev–Trinajstić information content (AvgIpc) is 2.63. The van der Waals surface area contributed by atoms with Crippen LogP contribution in [0.25, 0.3) is 0 Å². The number of rotatable bonds is 8. The lowest BCUT2D eigenvalue weighted by molar-refractivity contribution is 0.0744. The van der Waals surface area contributed by atoms with E-state index in [1.807, 2.05) is 13.8 Å². The molecule has 1 aliphatic heterocycles. The minimum Gasteiger partial charge on any atom is -0.491 e. The van der Waals surface area contributed by atoms with E-state index >= 15 is 0 Å². The van der Waals surface area contributed by atoms with Crippen molar-refractivity contribution in [3.05, 3.63) is 29.6 Å². The molecule has 1 aromatic rings. The number of aliphatic imine (C=N–C) groups is 1. The van der Waals surface area contributed by atoms with Crippen molar-refractivity contribution >= 4 is 29.9 Å². The molecule has 5 nitrogen and oxygen atoms in total. The van der Waals surface area contributed by atoms with E-state index in [9.17, 15) is 13.2 Å². The van der Waals surface area contributed by atoms with Crippen LogP contribution in [0.3, 0.4) is 0 Å². The van der Waals surface area contributed by atoms with Gasteiger partial charge in [0.05, 0.1) is 19.7 Å². The highest BCUT2D eigenvalue weighted by Gasteiger charge is 2.21. The van der Waals surface area contributed by atoms with Gasteiger partial charge in [-0.2, -0.15) is 0 Å². The predicted octanol–water partition coefficient (Wildman–Crippen LogP) is 3.63. The molecule has 0 amide bonds. The number of nitrogens with one attached hydrogen (secondary N) is 2. The van der Waals surface area contributed by atoms with Gasteiger partial charge in [0.15, 0.2) is 17.5 Å². The number of halogens is 4. The number of hydrogen-bond acceptors (Lipinski definition) is 3. The first kappa shape index (κ1) is 24.8. The minimum absolute atomic E-state index is 0. The fourth-order valence-electron chi connectivity index (χ4n) is 3.05. The zero-order valence-corrected chi connectivity index (χ0v) is 18.7. The van der Waals surface area contributed by atoms with Gasteiger partial charge in [0.25, 0.3) is 6.43 Å². The van der Waals surface area contributed by atoms with Crippen LogP contribution in [0.4, 0.5) is 13.2 Å². The Morgan fingerprint density at radius 1 is 1.29 bits per heavy atom. The third-order valence-electron chi connectivity index (χ3n) is 4.38. The third-order valence-corrected chi connectivity index (χ3v) is 4.38. The van der Waals surface area contributed by atoms with Crippen molar-refractivity contribution in [2.24, 2.45) is 4.99 Å². The van der Waals surface area contributed by atoms with Gasteiger partial charge >= 0.3 is 0 Å². The standard InChI is InChI=1S/C19H29F3N4O.HI/c1-3-23-19(25-15-7-9-26(10-8-15)13-18(21)22)24-12-14-5-6-17(27-4-2)16(20)11-14;/h5-6,11,15,18H,3-4,7-10,12-13H2,1-2H3,(H2,23,24,25);1H. The number of ether oxygens (including phenoxy) is 1. The molecular weight excluding hydrogens is 484 g/mol. The fraction of sp³-hybridized carbons (Fsp3) is 0.632. The Kier molecular flexibility index (Phi) is 11.6. The maximum atomic E-state index is 13.9. The lowest BCUT2D eigenvalue weighted by Crippen LogP contribution is -2.49. The van der Waals surface area contributed by atoms with Gasteiger partial charge in [-0.25, -0.2) is 18.2 Å². The highest BCUT2D eigenvalue weighted by molar-refractivity contribution is 14.0. The maximum absolute atomic E-state index is 13.9.